The molecule has 3 nitrogen and oxygen atoms in total. The van der Waals surface area contributed by atoms with E-state index in [1.54, 1.807) is 0 Å². The lowest BCUT2D eigenvalue weighted by molar-refractivity contribution is 0.158. The number of hydrogen-bond donors (Lipinski definition) is 2. The van der Waals surface area contributed by atoms with Crippen LogP contribution in [-0.2, 0) is 0 Å². The SMILES string of the molecule is CCN1CCCC(CC2CNC(C)(CO)C2)C1. The molecule has 0 spiro atoms. The van der Waals surface area contributed by atoms with Gasteiger partial charge in [-0.2, -0.15) is 0 Å². The molecule has 0 bridgehead atoms. The first-order chi connectivity index (χ1) is 8.15. The summed E-state index contributed by atoms with van der Waals surface area (Å²) in [6.07, 6.45) is 5.27. The topological polar surface area (TPSA) is 35.5 Å². The highest BCUT2D eigenvalue weighted by molar-refractivity contribution is 4.93. The van der Waals surface area contributed by atoms with Crippen LogP contribution in [0.2, 0.25) is 0 Å². The van der Waals surface area contributed by atoms with Gasteiger partial charge < -0.3 is 15.3 Å². The molecule has 2 rings (SSSR count). The fourth-order valence-corrected chi connectivity index (χ4v) is 3.56. The summed E-state index contributed by atoms with van der Waals surface area (Å²) in [7, 11) is 0. The highest BCUT2D eigenvalue weighted by Gasteiger charge is 2.35. The normalized spacial score (nSPS) is 39.7. The lowest BCUT2D eigenvalue weighted by atomic mass is 9.85. The van der Waals surface area contributed by atoms with Gasteiger partial charge in [0, 0.05) is 12.1 Å². The zero-order valence-corrected chi connectivity index (χ0v) is 11.4. The van der Waals surface area contributed by atoms with Crippen molar-refractivity contribution in [2.75, 3.05) is 32.8 Å². The van der Waals surface area contributed by atoms with E-state index in [1.165, 1.54) is 38.9 Å². The summed E-state index contributed by atoms with van der Waals surface area (Å²) in [5, 5.41) is 12.8. The van der Waals surface area contributed by atoms with Crippen LogP contribution in [0.4, 0.5) is 0 Å². The summed E-state index contributed by atoms with van der Waals surface area (Å²) in [5.74, 6) is 1.66. The van der Waals surface area contributed by atoms with Gasteiger partial charge in [0.05, 0.1) is 6.61 Å². The molecule has 3 atom stereocenters. The minimum Gasteiger partial charge on any atom is -0.394 e. The van der Waals surface area contributed by atoms with E-state index in [9.17, 15) is 5.11 Å². The van der Waals surface area contributed by atoms with Gasteiger partial charge in [-0.25, -0.2) is 0 Å². The van der Waals surface area contributed by atoms with Crippen molar-refractivity contribution >= 4 is 0 Å². The van der Waals surface area contributed by atoms with Gasteiger partial charge in [-0.1, -0.05) is 6.92 Å². The van der Waals surface area contributed by atoms with Crippen molar-refractivity contribution in [1.29, 1.82) is 0 Å². The van der Waals surface area contributed by atoms with E-state index in [0.29, 0.717) is 0 Å². The van der Waals surface area contributed by atoms with E-state index in [2.05, 4.69) is 24.1 Å². The monoisotopic (exact) mass is 240 g/mol. The Morgan fingerprint density at radius 2 is 2.24 bits per heavy atom. The van der Waals surface area contributed by atoms with Crippen molar-refractivity contribution in [1.82, 2.24) is 10.2 Å². The van der Waals surface area contributed by atoms with E-state index in [-0.39, 0.29) is 12.1 Å². The molecule has 0 radical (unpaired) electrons. The summed E-state index contributed by atoms with van der Waals surface area (Å²) in [5.41, 5.74) is -0.0101. The van der Waals surface area contributed by atoms with E-state index in [1.807, 2.05) is 0 Å². The Hall–Kier alpha value is -0.120. The molecular weight excluding hydrogens is 212 g/mol. The molecule has 2 N–H and O–H groups in total. The summed E-state index contributed by atoms with van der Waals surface area (Å²) in [6, 6.07) is 0. The molecule has 0 amide bonds. The minimum absolute atomic E-state index is 0.0101. The number of rotatable bonds is 4. The smallest absolute Gasteiger partial charge is 0.0610 e. The van der Waals surface area contributed by atoms with E-state index in [4.69, 9.17) is 0 Å². The number of likely N-dealkylation sites (tertiary alicyclic amines) is 1. The number of aliphatic hydroxyl groups is 1. The fraction of sp³-hybridized carbons (Fsp3) is 1.00. The van der Waals surface area contributed by atoms with Crippen LogP contribution in [0.1, 0.15) is 39.5 Å². The molecular formula is C14H28N2O. The van der Waals surface area contributed by atoms with Crippen LogP contribution in [0.15, 0.2) is 0 Å². The Morgan fingerprint density at radius 3 is 2.88 bits per heavy atom. The Balaban J connectivity index is 1.78. The molecule has 0 aromatic rings. The minimum atomic E-state index is -0.0101. The highest BCUT2D eigenvalue weighted by atomic mass is 16.3. The standard InChI is InChI=1S/C14H28N2O/c1-3-16-6-4-5-12(10-16)7-13-8-14(2,11-17)15-9-13/h12-13,15,17H,3-11H2,1-2H3. The van der Waals surface area contributed by atoms with Crippen molar-refractivity contribution < 1.29 is 5.11 Å². The average molecular weight is 240 g/mol. The summed E-state index contributed by atoms with van der Waals surface area (Å²) < 4.78 is 0. The number of nitrogens with zero attached hydrogens (tertiary/aromatic N) is 1. The first-order valence-electron chi connectivity index (χ1n) is 7.23. The van der Waals surface area contributed by atoms with Gasteiger partial charge in [-0.3, -0.25) is 0 Å². The van der Waals surface area contributed by atoms with Crippen molar-refractivity contribution in [2.45, 2.75) is 45.1 Å². The second-order valence-corrected chi connectivity index (χ2v) is 6.31. The quantitative estimate of drug-likeness (QED) is 0.781. The Bertz CT molecular complexity index is 246. The van der Waals surface area contributed by atoms with Gasteiger partial charge in [0.25, 0.3) is 0 Å². The van der Waals surface area contributed by atoms with Crippen LogP contribution in [0, 0.1) is 11.8 Å². The molecule has 0 aromatic carbocycles. The van der Waals surface area contributed by atoms with Crippen LogP contribution in [0.3, 0.4) is 0 Å². The molecule has 0 aromatic heterocycles. The molecule has 2 saturated heterocycles. The molecule has 100 valence electrons. The third-order valence-electron chi connectivity index (χ3n) is 4.62. The first-order valence-corrected chi connectivity index (χ1v) is 7.23. The van der Waals surface area contributed by atoms with Crippen molar-refractivity contribution in [3.05, 3.63) is 0 Å². The fourth-order valence-electron chi connectivity index (χ4n) is 3.56. The number of aliphatic hydroxyl groups excluding tert-OH is 1. The summed E-state index contributed by atoms with van der Waals surface area (Å²) in [6.45, 7) is 9.57. The van der Waals surface area contributed by atoms with E-state index in [0.717, 1.165) is 24.8 Å². The Labute approximate surface area is 106 Å². The van der Waals surface area contributed by atoms with Crippen LogP contribution >= 0.6 is 0 Å². The molecule has 3 unspecified atom stereocenters. The van der Waals surface area contributed by atoms with Gasteiger partial charge in [-0.15, -0.1) is 0 Å². The third kappa shape index (κ3) is 3.43. The van der Waals surface area contributed by atoms with Crippen LogP contribution in [-0.4, -0.2) is 48.3 Å². The van der Waals surface area contributed by atoms with Gasteiger partial charge in [0.15, 0.2) is 0 Å². The van der Waals surface area contributed by atoms with Crippen molar-refractivity contribution in [2.24, 2.45) is 11.8 Å². The molecule has 2 aliphatic heterocycles. The molecule has 17 heavy (non-hydrogen) atoms. The molecule has 2 fully saturated rings. The zero-order chi connectivity index (χ0) is 12.3. The molecule has 0 saturated carbocycles. The maximum Gasteiger partial charge on any atom is 0.0610 e. The maximum absolute atomic E-state index is 9.36. The van der Waals surface area contributed by atoms with Crippen LogP contribution in [0.25, 0.3) is 0 Å². The predicted octanol–water partition coefficient (Wildman–Crippen LogP) is 1.47. The summed E-state index contributed by atoms with van der Waals surface area (Å²) in [4.78, 5) is 2.59. The second-order valence-electron chi connectivity index (χ2n) is 6.31. The largest absolute Gasteiger partial charge is 0.394 e. The van der Waals surface area contributed by atoms with Gasteiger partial charge in [-0.05, 0) is 64.1 Å². The lowest BCUT2D eigenvalue weighted by Crippen LogP contribution is -2.39. The average Bonchev–Trinajstić information content (AvgIpc) is 2.72. The lowest BCUT2D eigenvalue weighted by Gasteiger charge is -2.33. The van der Waals surface area contributed by atoms with Crippen LogP contribution in [0.5, 0.6) is 0 Å². The highest BCUT2D eigenvalue weighted by Crippen LogP contribution is 2.31. The number of piperidine rings is 1. The van der Waals surface area contributed by atoms with Crippen molar-refractivity contribution in [3.63, 3.8) is 0 Å². The zero-order valence-electron chi connectivity index (χ0n) is 11.4. The van der Waals surface area contributed by atoms with Gasteiger partial charge in [0.2, 0.25) is 0 Å². The molecule has 2 heterocycles. The van der Waals surface area contributed by atoms with E-state index < -0.39 is 0 Å². The maximum atomic E-state index is 9.36. The second kappa shape index (κ2) is 5.68. The van der Waals surface area contributed by atoms with Gasteiger partial charge >= 0.3 is 0 Å². The third-order valence-corrected chi connectivity index (χ3v) is 4.62. The molecule has 2 aliphatic rings. The van der Waals surface area contributed by atoms with Crippen LogP contribution < -0.4 is 5.32 Å². The van der Waals surface area contributed by atoms with Crippen molar-refractivity contribution in [3.8, 4) is 0 Å². The number of nitrogens with one attached hydrogen (secondary N) is 1. The predicted molar refractivity (Wildman–Crippen MR) is 71.1 cm³/mol. The summed E-state index contributed by atoms with van der Waals surface area (Å²) >= 11 is 0. The van der Waals surface area contributed by atoms with E-state index >= 15 is 0 Å². The first kappa shape index (κ1) is 13.3. The molecule has 0 aliphatic carbocycles. The molecule has 3 heteroatoms. The van der Waals surface area contributed by atoms with Gasteiger partial charge in [0.1, 0.15) is 0 Å². The Kier molecular flexibility index (Phi) is 4.45. The Morgan fingerprint density at radius 1 is 1.41 bits per heavy atom. The number of hydrogen-bond acceptors (Lipinski definition) is 3.